The second-order valence-electron chi connectivity index (χ2n) is 3.70. The molecule has 0 aliphatic rings. The van der Waals surface area contributed by atoms with Gasteiger partial charge in [0.2, 0.25) is 5.82 Å². The molecule has 0 spiro atoms. The van der Waals surface area contributed by atoms with E-state index in [0.717, 1.165) is 12.3 Å². The summed E-state index contributed by atoms with van der Waals surface area (Å²) < 4.78 is 4.92. The molecule has 104 valence electrons. The molecule has 0 unspecified atom stereocenters. The number of rotatable bonds is 7. The van der Waals surface area contributed by atoms with E-state index in [0.29, 0.717) is 19.7 Å². The molecule has 19 heavy (non-hydrogen) atoms. The van der Waals surface area contributed by atoms with Gasteiger partial charge in [0.25, 0.3) is 0 Å². The van der Waals surface area contributed by atoms with Gasteiger partial charge >= 0.3 is 11.7 Å². The summed E-state index contributed by atoms with van der Waals surface area (Å²) in [6.07, 6.45) is 1.11. The van der Waals surface area contributed by atoms with Gasteiger partial charge in [-0.1, -0.05) is 0 Å². The Kier molecular flexibility index (Phi) is 5.19. The average molecular weight is 269 g/mol. The van der Waals surface area contributed by atoms with Gasteiger partial charge < -0.3 is 14.7 Å². The molecule has 0 aromatic carbocycles. The molecular weight excluding hydrogens is 254 g/mol. The van der Waals surface area contributed by atoms with Crippen LogP contribution in [0.1, 0.15) is 17.3 Å². The normalized spacial score (nSPS) is 10.2. The van der Waals surface area contributed by atoms with E-state index in [-0.39, 0.29) is 17.1 Å². The second-order valence-corrected chi connectivity index (χ2v) is 3.70. The lowest BCUT2D eigenvalue weighted by molar-refractivity contribution is -0.384. The summed E-state index contributed by atoms with van der Waals surface area (Å²) in [6, 6.07) is 1.01. The quantitative estimate of drug-likeness (QED) is 0.584. The molecule has 0 amide bonds. The average Bonchev–Trinajstić information content (AvgIpc) is 2.39. The molecule has 0 fully saturated rings. The van der Waals surface area contributed by atoms with Gasteiger partial charge in [0.05, 0.1) is 17.1 Å². The Morgan fingerprint density at radius 2 is 2.32 bits per heavy atom. The molecule has 1 N–H and O–H groups in total. The molecule has 0 saturated heterocycles. The number of carboxylic acid groups (broad SMARTS) is 1. The number of carbonyl (C=O) groups is 1. The van der Waals surface area contributed by atoms with Gasteiger partial charge in [-0.2, -0.15) is 0 Å². The molecule has 1 aromatic heterocycles. The number of ether oxygens (including phenoxy) is 1. The molecule has 1 rings (SSSR count). The third kappa shape index (κ3) is 3.62. The van der Waals surface area contributed by atoms with Gasteiger partial charge in [-0.05, 0) is 6.92 Å². The molecule has 0 aliphatic carbocycles. The predicted molar refractivity (Wildman–Crippen MR) is 67.6 cm³/mol. The van der Waals surface area contributed by atoms with Gasteiger partial charge in [-0.3, -0.25) is 10.1 Å². The Labute approximate surface area is 109 Å². The minimum atomic E-state index is -1.25. The van der Waals surface area contributed by atoms with Crippen LogP contribution in [0.15, 0.2) is 12.3 Å². The van der Waals surface area contributed by atoms with Gasteiger partial charge in [-0.25, -0.2) is 9.78 Å². The monoisotopic (exact) mass is 269 g/mol. The van der Waals surface area contributed by atoms with E-state index in [1.165, 1.54) is 7.11 Å². The highest BCUT2D eigenvalue weighted by molar-refractivity contribution is 5.88. The first-order valence-corrected chi connectivity index (χ1v) is 5.62. The standard InChI is InChI=1S/C11H15N3O5/c1-3-13(4-5-19-2)10-9(14(17)18)6-8(7-12-10)11(15)16/h6-7H,3-5H2,1-2H3,(H,15,16). The number of aromatic carboxylic acids is 1. The lowest BCUT2D eigenvalue weighted by Gasteiger charge is -2.21. The maximum atomic E-state index is 11.0. The molecule has 8 nitrogen and oxygen atoms in total. The molecule has 0 radical (unpaired) electrons. The van der Waals surface area contributed by atoms with Crippen molar-refractivity contribution in [2.75, 3.05) is 31.7 Å². The van der Waals surface area contributed by atoms with Gasteiger partial charge in [-0.15, -0.1) is 0 Å². The fourth-order valence-electron chi connectivity index (χ4n) is 1.56. The summed E-state index contributed by atoms with van der Waals surface area (Å²) in [5, 5.41) is 19.8. The van der Waals surface area contributed by atoms with Gasteiger partial charge in [0.1, 0.15) is 0 Å². The van der Waals surface area contributed by atoms with E-state index in [4.69, 9.17) is 9.84 Å². The first-order valence-electron chi connectivity index (χ1n) is 5.62. The largest absolute Gasteiger partial charge is 0.478 e. The highest BCUT2D eigenvalue weighted by Gasteiger charge is 2.22. The number of aromatic nitrogens is 1. The number of likely N-dealkylation sites (N-methyl/N-ethyl adjacent to an activating group) is 1. The zero-order valence-corrected chi connectivity index (χ0v) is 10.7. The topological polar surface area (TPSA) is 106 Å². The fourth-order valence-corrected chi connectivity index (χ4v) is 1.56. The number of nitrogens with zero attached hydrogens (tertiary/aromatic N) is 3. The summed E-state index contributed by atoms with van der Waals surface area (Å²) in [4.78, 5) is 26.7. The Bertz CT molecular complexity index is 477. The Morgan fingerprint density at radius 1 is 1.63 bits per heavy atom. The zero-order chi connectivity index (χ0) is 14.4. The smallest absolute Gasteiger partial charge is 0.337 e. The first-order chi connectivity index (χ1) is 9.01. The predicted octanol–water partition coefficient (Wildman–Crippen LogP) is 1.16. The maximum Gasteiger partial charge on any atom is 0.337 e. The molecule has 0 saturated carbocycles. The number of hydrogen-bond acceptors (Lipinski definition) is 6. The van der Waals surface area contributed by atoms with Crippen molar-refractivity contribution in [1.29, 1.82) is 0 Å². The van der Waals surface area contributed by atoms with Crippen molar-refractivity contribution in [2.24, 2.45) is 0 Å². The minimum absolute atomic E-state index is 0.148. The Hall–Kier alpha value is -2.22. The van der Waals surface area contributed by atoms with Crippen LogP contribution >= 0.6 is 0 Å². The molecule has 1 aromatic rings. The van der Waals surface area contributed by atoms with E-state index in [1.807, 2.05) is 6.92 Å². The van der Waals surface area contributed by atoms with Crippen LogP contribution in [0.4, 0.5) is 11.5 Å². The number of nitro groups is 1. The van der Waals surface area contributed by atoms with Crippen LogP contribution in [-0.2, 0) is 4.74 Å². The second kappa shape index (κ2) is 6.64. The van der Waals surface area contributed by atoms with Crippen LogP contribution in [0.5, 0.6) is 0 Å². The van der Waals surface area contributed by atoms with Crippen LogP contribution in [0.2, 0.25) is 0 Å². The number of methoxy groups -OCH3 is 1. The van der Waals surface area contributed by atoms with Crippen LogP contribution in [0, 0.1) is 10.1 Å². The molecule has 0 atom stereocenters. The van der Waals surface area contributed by atoms with Crippen molar-refractivity contribution in [1.82, 2.24) is 4.98 Å². The highest BCUT2D eigenvalue weighted by atomic mass is 16.6. The van der Waals surface area contributed by atoms with Gasteiger partial charge in [0, 0.05) is 32.5 Å². The lowest BCUT2D eigenvalue weighted by atomic mass is 10.2. The fraction of sp³-hybridized carbons (Fsp3) is 0.455. The summed E-state index contributed by atoms with van der Waals surface area (Å²) in [6.45, 7) is 3.16. The zero-order valence-electron chi connectivity index (χ0n) is 10.7. The van der Waals surface area contributed by atoms with Crippen molar-refractivity contribution in [3.8, 4) is 0 Å². The molecular formula is C11H15N3O5. The van der Waals surface area contributed by atoms with Crippen LogP contribution in [0.3, 0.4) is 0 Å². The molecule has 0 bridgehead atoms. The SMILES string of the molecule is CCN(CCOC)c1ncc(C(=O)O)cc1[N+](=O)[O-]. The molecule has 0 aliphatic heterocycles. The minimum Gasteiger partial charge on any atom is -0.478 e. The van der Waals surface area contributed by atoms with Gasteiger partial charge in [0.15, 0.2) is 0 Å². The lowest BCUT2D eigenvalue weighted by Crippen LogP contribution is -2.28. The van der Waals surface area contributed by atoms with E-state index in [9.17, 15) is 14.9 Å². The summed E-state index contributed by atoms with van der Waals surface area (Å²) in [5.41, 5.74) is -0.531. The van der Waals surface area contributed by atoms with Crippen molar-refractivity contribution < 1.29 is 19.6 Å². The first kappa shape index (κ1) is 14.8. The van der Waals surface area contributed by atoms with E-state index >= 15 is 0 Å². The van der Waals surface area contributed by atoms with Crippen LogP contribution < -0.4 is 4.90 Å². The number of carboxylic acids is 1. The molecule has 8 heteroatoms. The van der Waals surface area contributed by atoms with E-state index in [1.54, 1.807) is 4.90 Å². The summed E-state index contributed by atoms with van der Waals surface area (Å²) in [5.74, 6) is -1.10. The van der Waals surface area contributed by atoms with Crippen LogP contribution in [-0.4, -0.2) is 47.8 Å². The third-order valence-corrected chi connectivity index (χ3v) is 2.54. The van der Waals surface area contributed by atoms with E-state index in [2.05, 4.69) is 4.98 Å². The van der Waals surface area contributed by atoms with Crippen molar-refractivity contribution in [3.05, 3.63) is 27.9 Å². The Balaban J connectivity index is 3.17. The van der Waals surface area contributed by atoms with Crippen molar-refractivity contribution >= 4 is 17.5 Å². The number of hydrogen-bond donors (Lipinski definition) is 1. The number of anilines is 1. The third-order valence-electron chi connectivity index (χ3n) is 2.54. The van der Waals surface area contributed by atoms with Crippen molar-refractivity contribution in [2.45, 2.75) is 6.92 Å². The maximum absolute atomic E-state index is 11.0. The van der Waals surface area contributed by atoms with Crippen LogP contribution in [0.25, 0.3) is 0 Å². The molecule has 1 heterocycles. The summed E-state index contributed by atoms with van der Waals surface area (Å²) in [7, 11) is 1.53. The Morgan fingerprint density at radius 3 is 2.79 bits per heavy atom. The van der Waals surface area contributed by atoms with Crippen molar-refractivity contribution in [3.63, 3.8) is 0 Å². The highest BCUT2D eigenvalue weighted by Crippen LogP contribution is 2.26. The summed E-state index contributed by atoms with van der Waals surface area (Å²) >= 11 is 0. The van der Waals surface area contributed by atoms with E-state index < -0.39 is 10.9 Å². The number of pyridine rings is 1.